The van der Waals surface area contributed by atoms with E-state index in [1.807, 2.05) is 0 Å². The van der Waals surface area contributed by atoms with E-state index >= 15 is 0 Å². The van der Waals surface area contributed by atoms with E-state index in [-0.39, 0.29) is 28.3 Å². The van der Waals surface area contributed by atoms with Gasteiger partial charge in [0.25, 0.3) is 11.1 Å². The van der Waals surface area contributed by atoms with Gasteiger partial charge in [-0.15, -0.1) is 0 Å². The average Bonchev–Trinajstić information content (AvgIpc) is 3.64. The second kappa shape index (κ2) is 9.71. The third-order valence-corrected chi connectivity index (χ3v) is 8.46. The zero-order chi connectivity index (χ0) is 26.6. The number of likely N-dealkylation sites (tertiary alicyclic amines) is 1. The lowest BCUT2D eigenvalue weighted by Gasteiger charge is -2.28. The summed E-state index contributed by atoms with van der Waals surface area (Å²) in [6, 6.07) is 9.99. The molecule has 7 nitrogen and oxygen atoms in total. The van der Waals surface area contributed by atoms with E-state index in [1.54, 1.807) is 30.5 Å². The van der Waals surface area contributed by atoms with E-state index in [0.29, 0.717) is 46.5 Å². The Hall–Kier alpha value is -2.86. The smallest absolute Gasteiger partial charge is 0.311 e. The highest BCUT2D eigenvalue weighted by Crippen LogP contribution is 2.35. The van der Waals surface area contributed by atoms with E-state index in [4.69, 9.17) is 11.6 Å². The van der Waals surface area contributed by atoms with Gasteiger partial charge in [0.2, 0.25) is 0 Å². The molecule has 0 saturated carbocycles. The standard InChI is InChI=1S/C26H23ClF3N5O2S/c27-18-3-2-16(21(9-18)26(28,29)30)13-35-22-4-1-15(7-17(22)11-32-35)8-23-24(36)34(25(37)38-23)6-5-33-14-19-10-20(33)12-31-19/h1-4,7-9,11,19-20,31H,5-6,10,12-14H2. The van der Waals surface area contributed by atoms with Gasteiger partial charge in [-0.05, 0) is 59.7 Å². The minimum absolute atomic E-state index is 0.0146. The number of carbonyl (C=O) groups excluding carboxylic acids is 2. The Morgan fingerprint density at radius 2 is 2.00 bits per heavy atom. The molecule has 1 aromatic heterocycles. The minimum Gasteiger partial charge on any atom is -0.311 e. The van der Waals surface area contributed by atoms with Crippen LogP contribution in [0, 0.1) is 0 Å². The van der Waals surface area contributed by atoms with Gasteiger partial charge in [-0.25, -0.2) is 0 Å². The highest BCUT2D eigenvalue weighted by molar-refractivity contribution is 8.18. The van der Waals surface area contributed by atoms with Crippen LogP contribution in [0.5, 0.6) is 0 Å². The number of hydrogen-bond acceptors (Lipinski definition) is 6. The Balaban J connectivity index is 1.17. The number of nitrogens with zero attached hydrogens (tertiary/aromatic N) is 4. The molecule has 1 N–H and O–H groups in total. The highest BCUT2D eigenvalue weighted by Gasteiger charge is 2.40. The number of fused-ring (bicyclic) bond motifs is 3. The van der Waals surface area contributed by atoms with Gasteiger partial charge < -0.3 is 5.32 Å². The molecule has 2 unspecified atom stereocenters. The van der Waals surface area contributed by atoms with Crippen LogP contribution in [0.2, 0.25) is 5.02 Å². The Labute approximate surface area is 225 Å². The van der Waals surface area contributed by atoms with Crippen molar-refractivity contribution in [1.29, 1.82) is 0 Å². The molecule has 3 aliphatic rings. The van der Waals surface area contributed by atoms with E-state index < -0.39 is 11.7 Å². The molecule has 3 saturated heterocycles. The van der Waals surface area contributed by atoms with Crippen molar-refractivity contribution < 1.29 is 22.8 Å². The Bertz CT molecular complexity index is 1470. The topological polar surface area (TPSA) is 70.5 Å². The van der Waals surface area contributed by atoms with E-state index in [0.717, 1.165) is 37.3 Å². The summed E-state index contributed by atoms with van der Waals surface area (Å²) in [6.07, 6.45) is -0.181. The Kier molecular flexibility index (Phi) is 6.50. The first kappa shape index (κ1) is 25.4. The van der Waals surface area contributed by atoms with Gasteiger partial charge in [0, 0.05) is 48.7 Å². The summed E-state index contributed by atoms with van der Waals surface area (Å²) in [5.74, 6) is -0.305. The van der Waals surface area contributed by atoms with E-state index in [9.17, 15) is 22.8 Å². The van der Waals surface area contributed by atoms with Gasteiger partial charge in [0.05, 0.1) is 28.7 Å². The molecule has 198 valence electrons. The summed E-state index contributed by atoms with van der Waals surface area (Å²) in [6.45, 7) is 2.85. The molecule has 2 aromatic carbocycles. The molecule has 38 heavy (non-hydrogen) atoms. The molecule has 0 aliphatic carbocycles. The summed E-state index contributed by atoms with van der Waals surface area (Å²) in [5.41, 5.74) is 0.609. The molecule has 3 fully saturated rings. The Morgan fingerprint density at radius 3 is 2.74 bits per heavy atom. The number of benzene rings is 2. The van der Waals surface area contributed by atoms with Crippen LogP contribution in [0.1, 0.15) is 23.1 Å². The number of aromatic nitrogens is 2. The van der Waals surface area contributed by atoms with Crippen molar-refractivity contribution in [3.05, 3.63) is 69.2 Å². The predicted octanol–water partition coefficient (Wildman–Crippen LogP) is 4.84. The molecule has 6 rings (SSSR count). The van der Waals surface area contributed by atoms with E-state index in [1.165, 1.54) is 21.7 Å². The number of amides is 2. The maximum atomic E-state index is 13.5. The third-order valence-electron chi connectivity index (χ3n) is 7.32. The molecular formula is C26H23ClF3N5O2S. The minimum atomic E-state index is -4.54. The number of nitrogens with one attached hydrogen (secondary N) is 1. The lowest BCUT2D eigenvalue weighted by Crippen LogP contribution is -2.46. The number of piperazine rings is 1. The zero-order valence-electron chi connectivity index (χ0n) is 20.0. The number of alkyl halides is 3. The zero-order valence-corrected chi connectivity index (χ0v) is 21.6. The number of thioether (sulfide) groups is 1. The van der Waals surface area contributed by atoms with Crippen molar-refractivity contribution in [2.75, 3.05) is 26.2 Å². The first-order valence-corrected chi connectivity index (χ1v) is 13.4. The van der Waals surface area contributed by atoms with Gasteiger partial charge in [0.15, 0.2) is 0 Å². The number of rotatable bonds is 6. The quantitative estimate of drug-likeness (QED) is 0.434. The van der Waals surface area contributed by atoms with Gasteiger partial charge in [-0.3, -0.25) is 24.1 Å². The fraction of sp³-hybridized carbons (Fsp3) is 0.346. The fourth-order valence-electron chi connectivity index (χ4n) is 5.43. The van der Waals surface area contributed by atoms with Gasteiger partial charge in [0.1, 0.15) is 0 Å². The number of hydrogen-bond donors (Lipinski definition) is 1. The molecule has 2 bridgehead atoms. The van der Waals surface area contributed by atoms with Crippen LogP contribution in [-0.2, 0) is 17.5 Å². The SMILES string of the molecule is O=C1SC(=Cc2ccc3c(cnn3Cc3ccc(Cl)cc3C(F)(F)F)c2)C(=O)N1CCN1CC2CC1CN2. The van der Waals surface area contributed by atoms with Crippen molar-refractivity contribution in [2.45, 2.75) is 31.2 Å². The van der Waals surface area contributed by atoms with Gasteiger partial charge in [-0.1, -0.05) is 23.7 Å². The van der Waals surface area contributed by atoms with Crippen LogP contribution in [0.25, 0.3) is 17.0 Å². The molecule has 12 heteroatoms. The van der Waals surface area contributed by atoms with Gasteiger partial charge in [-0.2, -0.15) is 18.3 Å². The molecule has 3 aromatic rings. The van der Waals surface area contributed by atoms with Crippen molar-refractivity contribution in [1.82, 2.24) is 24.9 Å². The maximum absolute atomic E-state index is 13.5. The van der Waals surface area contributed by atoms with Crippen LogP contribution in [0.15, 0.2) is 47.5 Å². The fourth-order valence-corrected chi connectivity index (χ4v) is 6.46. The van der Waals surface area contributed by atoms with Crippen molar-refractivity contribution in [3.63, 3.8) is 0 Å². The highest BCUT2D eigenvalue weighted by atomic mass is 35.5. The number of imide groups is 1. The lowest BCUT2D eigenvalue weighted by molar-refractivity contribution is -0.138. The first-order chi connectivity index (χ1) is 18.2. The number of carbonyl (C=O) groups is 2. The van der Waals surface area contributed by atoms with Crippen LogP contribution in [0.4, 0.5) is 18.0 Å². The largest absolute Gasteiger partial charge is 0.416 e. The Morgan fingerprint density at radius 1 is 1.16 bits per heavy atom. The third kappa shape index (κ3) is 4.84. The maximum Gasteiger partial charge on any atom is 0.416 e. The molecule has 4 heterocycles. The monoisotopic (exact) mass is 561 g/mol. The molecule has 0 spiro atoms. The van der Waals surface area contributed by atoms with Crippen molar-refractivity contribution in [2.24, 2.45) is 0 Å². The summed E-state index contributed by atoms with van der Waals surface area (Å²) in [5, 5.41) is 8.17. The van der Waals surface area contributed by atoms with Gasteiger partial charge >= 0.3 is 6.18 Å². The molecule has 3 aliphatic heterocycles. The molecule has 2 atom stereocenters. The van der Waals surface area contributed by atoms with Crippen LogP contribution < -0.4 is 5.32 Å². The molecule has 0 radical (unpaired) electrons. The van der Waals surface area contributed by atoms with Crippen molar-refractivity contribution >= 4 is 51.5 Å². The summed E-state index contributed by atoms with van der Waals surface area (Å²) >= 11 is 6.72. The van der Waals surface area contributed by atoms with Crippen LogP contribution in [-0.4, -0.2) is 69.0 Å². The summed E-state index contributed by atoms with van der Waals surface area (Å²) < 4.78 is 42.0. The first-order valence-electron chi connectivity index (χ1n) is 12.2. The second-order valence-corrected chi connectivity index (χ2v) is 11.2. The van der Waals surface area contributed by atoms with Crippen LogP contribution in [0.3, 0.4) is 0 Å². The predicted molar refractivity (Wildman–Crippen MR) is 140 cm³/mol. The molecule has 2 amide bonds. The molecular weight excluding hydrogens is 539 g/mol. The average molecular weight is 562 g/mol. The van der Waals surface area contributed by atoms with Crippen molar-refractivity contribution in [3.8, 4) is 0 Å². The summed E-state index contributed by atoms with van der Waals surface area (Å²) in [4.78, 5) is 29.5. The summed E-state index contributed by atoms with van der Waals surface area (Å²) in [7, 11) is 0. The lowest BCUT2D eigenvalue weighted by atomic mass is 10.1. The van der Waals surface area contributed by atoms with E-state index in [2.05, 4.69) is 15.3 Å². The normalized spacial score (nSPS) is 23.1. The number of halogens is 4. The van der Waals surface area contributed by atoms with Crippen LogP contribution >= 0.6 is 23.4 Å². The second-order valence-electron chi connectivity index (χ2n) is 9.74.